The van der Waals surface area contributed by atoms with Crippen molar-refractivity contribution in [2.45, 2.75) is 26.2 Å². The maximum Gasteiger partial charge on any atom is 0.191 e. The normalized spacial score (nSPS) is 19.3. The molecule has 2 N–H and O–H groups in total. The number of hydrogen-bond donors (Lipinski definition) is 1. The molecule has 0 radical (unpaired) electrons. The minimum Gasteiger partial charge on any atom is -0.370 e. The van der Waals surface area contributed by atoms with Gasteiger partial charge in [-0.3, -0.25) is 4.99 Å². The lowest BCUT2D eigenvalue weighted by molar-refractivity contribution is 0.270. The van der Waals surface area contributed by atoms with Gasteiger partial charge in [-0.2, -0.15) is 0 Å². The molecule has 1 atom stereocenters. The SMILES string of the molecule is CC1CCCN(C(N)=NCCc2ccc(F)cc2F)C1.I. The molecule has 1 aliphatic heterocycles. The van der Waals surface area contributed by atoms with Gasteiger partial charge in [-0.05, 0) is 36.8 Å². The first-order chi connectivity index (χ1) is 9.56. The highest BCUT2D eigenvalue weighted by Gasteiger charge is 2.17. The third-order valence-corrected chi connectivity index (χ3v) is 3.65. The molecule has 1 aliphatic rings. The van der Waals surface area contributed by atoms with Gasteiger partial charge in [0.1, 0.15) is 11.6 Å². The fourth-order valence-electron chi connectivity index (χ4n) is 2.51. The van der Waals surface area contributed by atoms with E-state index in [1.807, 2.05) is 0 Å². The number of guanidine groups is 1. The van der Waals surface area contributed by atoms with Crippen LogP contribution < -0.4 is 5.73 Å². The number of piperidine rings is 1. The fourth-order valence-corrected chi connectivity index (χ4v) is 2.51. The van der Waals surface area contributed by atoms with Crippen molar-refractivity contribution in [3.63, 3.8) is 0 Å². The molecule has 1 aromatic carbocycles. The maximum atomic E-state index is 13.5. The highest BCUT2D eigenvalue weighted by Crippen LogP contribution is 2.15. The summed E-state index contributed by atoms with van der Waals surface area (Å²) < 4.78 is 26.2. The van der Waals surface area contributed by atoms with Gasteiger partial charge in [0.2, 0.25) is 0 Å². The van der Waals surface area contributed by atoms with Crippen LogP contribution in [0.25, 0.3) is 0 Å². The summed E-state index contributed by atoms with van der Waals surface area (Å²) in [6.45, 7) is 4.48. The van der Waals surface area contributed by atoms with Gasteiger partial charge in [0.05, 0.1) is 0 Å². The Hall–Kier alpha value is -0.920. The Morgan fingerprint density at radius 3 is 2.86 bits per heavy atom. The molecule has 3 nitrogen and oxygen atoms in total. The first-order valence-corrected chi connectivity index (χ1v) is 7.05. The van der Waals surface area contributed by atoms with E-state index < -0.39 is 11.6 Å². The van der Waals surface area contributed by atoms with Gasteiger partial charge in [0.15, 0.2) is 5.96 Å². The van der Waals surface area contributed by atoms with Crippen molar-refractivity contribution in [2.75, 3.05) is 19.6 Å². The molecule has 2 rings (SSSR count). The molecule has 1 heterocycles. The number of benzene rings is 1. The summed E-state index contributed by atoms with van der Waals surface area (Å²) in [5.74, 6) is 0.0769. The van der Waals surface area contributed by atoms with Gasteiger partial charge in [0, 0.05) is 25.7 Å². The van der Waals surface area contributed by atoms with Gasteiger partial charge < -0.3 is 10.6 Å². The van der Waals surface area contributed by atoms with Crippen LogP contribution in [0.5, 0.6) is 0 Å². The minimum absolute atomic E-state index is 0. The third-order valence-electron chi connectivity index (χ3n) is 3.65. The van der Waals surface area contributed by atoms with E-state index in [-0.39, 0.29) is 24.0 Å². The van der Waals surface area contributed by atoms with Crippen molar-refractivity contribution in [2.24, 2.45) is 16.6 Å². The summed E-state index contributed by atoms with van der Waals surface area (Å²) >= 11 is 0. The van der Waals surface area contributed by atoms with Crippen LogP contribution in [-0.2, 0) is 6.42 Å². The number of nitrogens with two attached hydrogens (primary N) is 1. The molecule has 0 saturated carbocycles. The van der Waals surface area contributed by atoms with Crippen LogP contribution in [0.15, 0.2) is 23.2 Å². The van der Waals surface area contributed by atoms with Crippen LogP contribution in [0, 0.1) is 17.6 Å². The molecule has 1 saturated heterocycles. The molecule has 0 bridgehead atoms. The van der Waals surface area contributed by atoms with E-state index in [1.165, 1.54) is 18.6 Å². The number of rotatable bonds is 3. The van der Waals surface area contributed by atoms with Crippen molar-refractivity contribution in [1.29, 1.82) is 0 Å². The molecule has 0 amide bonds. The molecule has 118 valence electrons. The Kier molecular flexibility index (Phi) is 7.34. The summed E-state index contributed by atoms with van der Waals surface area (Å²) in [7, 11) is 0. The Balaban J connectivity index is 0.00000220. The molecule has 1 aromatic rings. The average Bonchev–Trinajstić information content (AvgIpc) is 2.41. The summed E-state index contributed by atoms with van der Waals surface area (Å²) in [6.07, 6.45) is 2.78. The zero-order chi connectivity index (χ0) is 14.5. The second-order valence-electron chi connectivity index (χ2n) is 5.42. The van der Waals surface area contributed by atoms with Gasteiger partial charge >= 0.3 is 0 Å². The molecule has 0 aromatic heterocycles. The van der Waals surface area contributed by atoms with E-state index in [1.54, 1.807) is 0 Å². The van der Waals surface area contributed by atoms with Crippen molar-refractivity contribution >= 4 is 29.9 Å². The lowest BCUT2D eigenvalue weighted by Gasteiger charge is -2.31. The maximum absolute atomic E-state index is 13.5. The van der Waals surface area contributed by atoms with Crippen LogP contribution >= 0.6 is 24.0 Å². The number of nitrogens with zero attached hydrogens (tertiary/aromatic N) is 2. The van der Waals surface area contributed by atoms with Crippen LogP contribution in [0.4, 0.5) is 8.78 Å². The topological polar surface area (TPSA) is 41.6 Å². The lowest BCUT2D eigenvalue weighted by atomic mass is 10.0. The van der Waals surface area contributed by atoms with Crippen LogP contribution in [0.2, 0.25) is 0 Å². The van der Waals surface area contributed by atoms with Crippen LogP contribution in [-0.4, -0.2) is 30.5 Å². The fraction of sp³-hybridized carbons (Fsp3) is 0.533. The van der Waals surface area contributed by atoms with E-state index in [2.05, 4.69) is 16.8 Å². The van der Waals surface area contributed by atoms with Crippen molar-refractivity contribution in [3.8, 4) is 0 Å². The number of halogens is 3. The van der Waals surface area contributed by atoms with Crippen molar-refractivity contribution in [3.05, 3.63) is 35.4 Å². The Morgan fingerprint density at radius 2 is 2.19 bits per heavy atom. The van der Waals surface area contributed by atoms with E-state index in [4.69, 9.17) is 5.73 Å². The van der Waals surface area contributed by atoms with Gasteiger partial charge in [-0.25, -0.2) is 8.78 Å². The molecule has 21 heavy (non-hydrogen) atoms. The van der Waals surface area contributed by atoms with Crippen LogP contribution in [0.3, 0.4) is 0 Å². The zero-order valence-corrected chi connectivity index (χ0v) is 14.5. The van der Waals surface area contributed by atoms with E-state index in [0.29, 0.717) is 30.4 Å². The second-order valence-corrected chi connectivity index (χ2v) is 5.42. The smallest absolute Gasteiger partial charge is 0.191 e. The Labute approximate surface area is 141 Å². The third kappa shape index (κ3) is 5.41. The quantitative estimate of drug-likeness (QED) is 0.474. The van der Waals surface area contributed by atoms with Gasteiger partial charge in [-0.15, -0.1) is 24.0 Å². The molecule has 1 fully saturated rings. The summed E-state index contributed by atoms with van der Waals surface area (Å²) in [4.78, 5) is 6.38. The molecule has 6 heteroatoms. The van der Waals surface area contributed by atoms with E-state index in [0.717, 1.165) is 25.6 Å². The second kappa shape index (κ2) is 8.51. The zero-order valence-electron chi connectivity index (χ0n) is 12.2. The molecule has 1 unspecified atom stereocenters. The molecular formula is C15H22F2IN3. The Bertz CT molecular complexity index is 494. The largest absolute Gasteiger partial charge is 0.370 e. The first kappa shape index (κ1) is 18.1. The van der Waals surface area contributed by atoms with E-state index in [9.17, 15) is 8.78 Å². The standard InChI is InChI=1S/C15H21F2N3.HI/c1-11-3-2-8-20(10-11)15(18)19-7-6-12-4-5-13(16)9-14(12)17;/h4-5,9,11H,2-3,6-8,10H2,1H3,(H2,18,19);1H. The summed E-state index contributed by atoms with van der Waals surface area (Å²) in [5, 5.41) is 0. The number of aliphatic imine (C=N–C) groups is 1. The minimum atomic E-state index is -0.559. The van der Waals surface area contributed by atoms with Crippen molar-refractivity contribution in [1.82, 2.24) is 4.90 Å². The number of likely N-dealkylation sites (tertiary alicyclic amines) is 1. The predicted octanol–water partition coefficient (Wildman–Crippen LogP) is 3.17. The highest BCUT2D eigenvalue weighted by molar-refractivity contribution is 14.0. The van der Waals surface area contributed by atoms with Crippen molar-refractivity contribution < 1.29 is 8.78 Å². The molecule has 0 aliphatic carbocycles. The molecular weight excluding hydrogens is 387 g/mol. The summed E-state index contributed by atoms with van der Waals surface area (Å²) in [5.41, 5.74) is 6.43. The lowest BCUT2D eigenvalue weighted by Crippen LogP contribution is -2.43. The Morgan fingerprint density at radius 1 is 1.43 bits per heavy atom. The van der Waals surface area contributed by atoms with E-state index >= 15 is 0 Å². The van der Waals surface area contributed by atoms with Gasteiger partial charge in [-0.1, -0.05) is 13.0 Å². The molecule has 0 spiro atoms. The first-order valence-electron chi connectivity index (χ1n) is 7.05. The number of hydrogen-bond acceptors (Lipinski definition) is 1. The average molecular weight is 409 g/mol. The highest BCUT2D eigenvalue weighted by atomic mass is 127. The summed E-state index contributed by atoms with van der Waals surface area (Å²) in [6, 6.07) is 3.62. The van der Waals surface area contributed by atoms with Crippen LogP contribution in [0.1, 0.15) is 25.3 Å². The van der Waals surface area contributed by atoms with Gasteiger partial charge in [0.25, 0.3) is 0 Å². The monoisotopic (exact) mass is 409 g/mol. The predicted molar refractivity (Wildman–Crippen MR) is 91.9 cm³/mol.